The predicted octanol–water partition coefficient (Wildman–Crippen LogP) is 3.87. The van der Waals surface area contributed by atoms with Gasteiger partial charge in [0.25, 0.3) is 5.91 Å². The highest BCUT2D eigenvalue weighted by Crippen LogP contribution is 2.35. The van der Waals surface area contributed by atoms with E-state index in [-0.39, 0.29) is 24.6 Å². The molecule has 6 heteroatoms. The van der Waals surface area contributed by atoms with Crippen LogP contribution in [0, 0.1) is 0 Å². The number of rotatable bonds is 2. The lowest BCUT2D eigenvalue weighted by Gasteiger charge is -2.20. The smallest absolute Gasteiger partial charge is 0.416 e. The molecule has 0 fully saturated rings. The number of carbonyl (C=O) groups is 1. The summed E-state index contributed by atoms with van der Waals surface area (Å²) in [6, 6.07) is 10.7. The fourth-order valence-electron chi connectivity index (χ4n) is 2.67. The van der Waals surface area contributed by atoms with Gasteiger partial charge in [-0.15, -0.1) is 0 Å². The summed E-state index contributed by atoms with van der Waals surface area (Å²) in [6.07, 6.45) is -4.41. The quantitative estimate of drug-likeness (QED) is 0.840. The van der Waals surface area contributed by atoms with Gasteiger partial charge in [-0.05, 0) is 41.5 Å². The summed E-state index contributed by atoms with van der Waals surface area (Å²) < 4.78 is 44.2. The van der Waals surface area contributed by atoms with Crippen molar-refractivity contribution < 1.29 is 22.7 Å². The molecule has 0 atom stereocenters. The van der Waals surface area contributed by atoms with Crippen LogP contribution >= 0.6 is 0 Å². The number of hydrogen-bond donors (Lipinski definition) is 0. The summed E-state index contributed by atoms with van der Waals surface area (Å²) in [5.41, 5.74) is 0.336. The van der Waals surface area contributed by atoms with Crippen LogP contribution in [-0.2, 0) is 19.3 Å². The second-order valence-corrected chi connectivity index (χ2v) is 5.38. The van der Waals surface area contributed by atoms with E-state index >= 15 is 0 Å². The minimum absolute atomic E-state index is 0.0593. The van der Waals surface area contributed by atoms with Gasteiger partial charge in [0.05, 0.1) is 12.7 Å². The fourth-order valence-corrected chi connectivity index (χ4v) is 2.67. The lowest BCUT2D eigenvalue weighted by atomic mass is 10.1. The van der Waals surface area contributed by atoms with Crippen molar-refractivity contribution in [2.45, 2.75) is 19.3 Å². The predicted molar refractivity (Wildman–Crippen MR) is 78.0 cm³/mol. The van der Waals surface area contributed by atoms with Gasteiger partial charge in [0.2, 0.25) is 0 Å². The largest absolute Gasteiger partial charge is 0.497 e. The maximum atomic E-state index is 13.1. The molecule has 0 unspecified atom stereocenters. The molecule has 2 aromatic rings. The van der Waals surface area contributed by atoms with Crippen LogP contribution in [0.4, 0.5) is 13.2 Å². The molecule has 2 aromatic carbocycles. The molecule has 0 spiro atoms. The Kier molecular flexibility index (Phi) is 3.75. The summed E-state index contributed by atoms with van der Waals surface area (Å²) in [5, 5.41) is 0. The average molecular weight is 321 g/mol. The standard InChI is InChI=1S/C17H14F3NO2/c1-23-14-6-4-12(5-7-14)16(22)21-9-11-2-3-13(10-21)15(8-11)17(18,19)20/h2-8H,9-10H2,1H3. The first-order chi connectivity index (χ1) is 10.9. The molecule has 4 rings (SSSR count). The first-order valence-corrected chi connectivity index (χ1v) is 7.01. The summed E-state index contributed by atoms with van der Waals surface area (Å²) >= 11 is 0. The van der Waals surface area contributed by atoms with Crippen LogP contribution in [0.15, 0.2) is 42.5 Å². The number of amides is 1. The van der Waals surface area contributed by atoms with Crippen LogP contribution in [-0.4, -0.2) is 17.9 Å². The van der Waals surface area contributed by atoms with Crippen molar-refractivity contribution in [1.82, 2.24) is 4.90 Å². The monoisotopic (exact) mass is 321 g/mol. The lowest BCUT2D eigenvalue weighted by molar-refractivity contribution is -0.138. The second kappa shape index (κ2) is 5.61. The first kappa shape index (κ1) is 15.4. The number of ether oxygens (including phenoxy) is 1. The summed E-state index contributed by atoms with van der Waals surface area (Å²) in [4.78, 5) is 14.0. The minimum Gasteiger partial charge on any atom is -0.497 e. The summed E-state index contributed by atoms with van der Waals surface area (Å²) in [5.74, 6) is 0.312. The van der Waals surface area contributed by atoms with Crippen LogP contribution in [0.25, 0.3) is 0 Å². The van der Waals surface area contributed by atoms with E-state index in [1.165, 1.54) is 18.1 Å². The van der Waals surface area contributed by atoms with Crippen molar-refractivity contribution in [3.05, 3.63) is 64.7 Å². The molecule has 2 aliphatic heterocycles. The van der Waals surface area contributed by atoms with Crippen LogP contribution in [0.1, 0.15) is 27.0 Å². The Morgan fingerprint density at radius 1 is 1.09 bits per heavy atom. The lowest BCUT2D eigenvalue weighted by Crippen LogP contribution is -2.29. The van der Waals surface area contributed by atoms with Crippen molar-refractivity contribution >= 4 is 5.91 Å². The zero-order valence-corrected chi connectivity index (χ0v) is 12.4. The third-order valence-corrected chi connectivity index (χ3v) is 3.84. The number of alkyl halides is 3. The number of benzene rings is 2. The van der Waals surface area contributed by atoms with Gasteiger partial charge in [0, 0.05) is 18.7 Å². The fraction of sp³-hybridized carbons (Fsp3) is 0.235. The van der Waals surface area contributed by atoms with E-state index in [9.17, 15) is 18.0 Å². The molecule has 2 heterocycles. The van der Waals surface area contributed by atoms with E-state index in [1.807, 2.05) is 0 Å². The Morgan fingerprint density at radius 3 is 2.39 bits per heavy atom. The van der Waals surface area contributed by atoms with Crippen LogP contribution in [0.3, 0.4) is 0 Å². The molecule has 0 radical (unpaired) electrons. The third-order valence-electron chi connectivity index (χ3n) is 3.84. The number of nitrogens with zero attached hydrogens (tertiary/aromatic N) is 1. The number of halogens is 3. The highest BCUT2D eigenvalue weighted by atomic mass is 19.4. The Hall–Kier alpha value is -2.50. The van der Waals surface area contributed by atoms with Gasteiger partial charge < -0.3 is 9.64 Å². The summed E-state index contributed by atoms with van der Waals surface area (Å²) in [6.45, 7) is 0.0979. The molecule has 0 aromatic heterocycles. The Morgan fingerprint density at radius 2 is 1.78 bits per heavy atom. The number of fused-ring (bicyclic) bond motifs is 4. The third kappa shape index (κ3) is 3.02. The summed E-state index contributed by atoms with van der Waals surface area (Å²) in [7, 11) is 1.52. The topological polar surface area (TPSA) is 29.5 Å². The molecule has 0 saturated carbocycles. The number of methoxy groups -OCH3 is 1. The molecule has 2 aliphatic rings. The molecular weight excluding hydrogens is 307 g/mol. The van der Waals surface area contributed by atoms with Crippen molar-refractivity contribution in [3.8, 4) is 5.75 Å². The van der Waals surface area contributed by atoms with Crippen LogP contribution < -0.4 is 4.74 Å². The normalized spacial score (nSPS) is 13.8. The SMILES string of the molecule is COc1ccc(C(=O)N2Cc3ccc(c(C(F)(F)F)c3)C2)cc1. The van der Waals surface area contributed by atoms with Gasteiger partial charge >= 0.3 is 6.18 Å². The Bertz CT molecular complexity index is 738. The van der Waals surface area contributed by atoms with Crippen LogP contribution in [0.2, 0.25) is 0 Å². The Labute approximate surface area is 131 Å². The molecule has 0 N–H and O–H groups in total. The number of hydrogen-bond acceptors (Lipinski definition) is 2. The first-order valence-electron chi connectivity index (χ1n) is 7.01. The molecule has 23 heavy (non-hydrogen) atoms. The minimum atomic E-state index is -4.41. The molecular formula is C17H14F3NO2. The zero-order chi connectivity index (χ0) is 16.6. The molecule has 3 nitrogen and oxygen atoms in total. The average Bonchev–Trinajstić information content (AvgIpc) is 2.85. The molecule has 0 aliphatic carbocycles. The van der Waals surface area contributed by atoms with Crippen molar-refractivity contribution in [2.24, 2.45) is 0 Å². The van der Waals surface area contributed by atoms with E-state index in [0.29, 0.717) is 16.9 Å². The van der Waals surface area contributed by atoms with E-state index in [4.69, 9.17) is 4.74 Å². The molecule has 120 valence electrons. The maximum absolute atomic E-state index is 13.1. The van der Waals surface area contributed by atoms with E-state index in [2.05, 4.69) is 0 Å². The van der Waals surface area contributed by atoms with Gasteiger partial charge in [-0.25, -0.2) is 0 Å². The van der Waals surface area contributed by atoms with Gasteiger partial charge in [0.15, 0.2) is 0 Å². The van der Waals surface area contributed by atoms with Gasteiger partial charge in [0.1, 0.15) is 5.75 Å². The Balaban J connectivity index is 1.88. The highest BCUT2D eigenvalue weighted by molar-refractivity contribution is 5.94. The number of carbonyl (C=O) groups excluding carboxylic acids is 1. The zero-order valence-electron chi connectivity index (χ0n) is 12.4. The second-order valence-electron chi connectivity index (χ2n) is 5.38. The van der Waals surface area contributed by atoms with Gasteiger partial charge in [-0.1, -0.05) is 12.1 Å². The van der Waals surface area contributed by atoms with Gasteiger partial charge in [-0.2, -0.15) is 13.2 Å². The van der Waals surface area contributed by atoms with Crippen molar-refractivity contribution in [3.63, 3.8) is 0 Å². The van der Waals surface area contributed by atoms with E-state index in [0.717, 1.165) is 6.07 Å². The van der Waals surface area contributed by atoms with Crippen molar-refractivity contribution in [2.75, 3.05) is 7.11 Å². The molecule has 0 saturated heterocycles. The highest BCUT2D eigenvalue weighted by Gasteiger charge is 2.36. The van der Waals surface area contributed by atoms with E-state index in [1.54, 1.807) is 30.3 Å². The van der Waals surface area contributed by atoms with Crippen molar-refractivity contribution in [1.29, 1.82) is 0 Å². The molecule has 1 amide bonds. The van der Waals surface area contributed by atoms with Crippen LogP contribution in [0.5, 0.6) is 5.75 Å². The van der Waals surface area contributed by atoms with Gasteiger partial charge in [-0.3, -0.25) is 4.79 Å². The maximum Gasteiger partial charge on any atom is 0.416 e. The van der Waals surface area contributed by atoms with E-state index < -0.39 is 11.7 Å². The molecule has 2 bridgehead atoms.